The molecule has 0 atom stereocenters. The van der Waals surface area contributed by atoms with E-state index in [1.807, 2.05) is 0 Å². The fourth-order valence-electron chi connectivity index (χ4n) is 2.15. The summed E-state index contributed by atoms with van der Waals surface area (Å²) >= 11 is 1.09. The smallest absolute Gasteiger partial charge is 0.310 e. The number of hydrogen-bond donors (Lipinski definition) is 1. The molecular weight excluding hydrogens is 380 g/mol. The van der Waals surface area contributed by atoms with Gasteiger partial charge in [-0.1, -0.05) is 12.1 Å². The molecule has 138 valence electrons. The Morgan fingerprint density at radius 3 is 2.74 bits per heavy atom. The number of para-hydroxylation sites is 2. The Balaban J connectivity index is 1.63. The van der Waals surface area contributed by atoms with Gasteiger partial charge >= 0.3 is 5.69 Å². The maximum atomic E-state index is 13.3. The number of carbonyl (C=O) groups excluding carboxylic acids is 1. The van der Waals surface area contributed by atoms with E-state index in [2.05, 4.69) is 10.3 Å². The van der Waals surface area contributed by atoms with Crippen molar-refractivity contribution in [2.45, 2.75) is 0 Å². The molecule has 10 heteroatoms. The number of nitro groups is 1. The van der Waals surface area contributed by atoms with Gasteiger partial charge in [0.2, 0.25) is 0 Å². The van der Waals surface area contributed by atoms with Crippen LogP contribution in [0.5, 0.6) is 5.75 Å². The van der Waals surface area contributed by atoms with Crippen LogP contribution < -0.4 is 10.1 Å². The molecule has 0 saturated carbocycles. The molecule has 0 unspecified atom stereocenters. The van der Waals surface area contributed by atoms with Gasteiger partial charge in [-0.3, -0.25) is 20.2 Å². The van der Waals surface area contributed by atoms with Crippen LogP contribution in [0.15, 0.2) is 47.8 Å². The van der Waals surface area contributed by atoms with Gasteiger partial charge in [0, 0.05) is 17.0 Å². The van der Waals surface area contributed by atoms with Gasteiger partial charge in [0.25, 0.3) is 5.91 Å². The van der Waals surface area contributed by atoms with Crippen LogP contribution in [0.25, 0.3) is 11.3 Å². The monoisotopic (exact) mass is 391 g/mol. The van der Waals surface area contributed by atoms with Gasteiger partial charge in [-0.25, -0.2) is 13.8 Å². The zero-order valence-electron chi connectivity index (χ0n) is 13.5. The Morgan fingerprint density at radius 1 is 1.22 bits per heavy atom. The molecule has 0 fully saturated rings. The maximum Gasteiger partial charge on any atom is 0.310 e. The van der Waals surface area contributed by atoms with E-state index in [1.165, 1.54) is 24.3 Å². The number of amides is 1. The molecule has 2 aromatic carbocycles. The molecule has 27 heavy (non-hydrogen) atoms. The highest BCUT2D eigenvalue weighted by atomic mass is 32.1. The number of thiazole rings is 1. The Labute approximate surface area is 155 Å². The summed E-state index contributed by atoms with van der Waals surface area (Å²) in [7, 11) is 0. The van der Waals surface area contributed by atoms with E-state index < -0.39 is 29.1 Å². The van der Waals surface area contributed by atoms with Crippen molar-refractivity contribution in [1.82, 2.24) is 4.98 Å². The highest BCUT2D eigenvalue weighted by molar-refractivity contribution is 7.14. The number of aromatic nitrogens is 1. The molecule has 1 amide bonds. The fraction of sp³-hybridized carbons (Fsp3) is 0.0588. The van der Waals surface area contributed by atoms with Gasteiger partial charge in [-0.15, -0.1) is 11.3 Å². The lowest BCUT2D eigenvalue weighted by molar-refractivity contribution is -0.385. The number of nitrogens with one attached hydrogen (secondary N) is 1. The number of nitro benzene ring substituents is 1. The SMILES string of the molecule is O=C(COc1ccccc1[N+](=O)[O-])Nc1nc(-c2ccc(F)c(F)c2)cs1. The molecule has 0 aliphatic rings. The molecule has 1 aromatic heterocycles. The van der Waals surface area contributed by atoms with Crippen LogP contribution in [0.4, 0.5) is 19.6 Å². The van der Waals surface area contributed by atoms with Crippen molar-refractivity contribution < 1.29 is 23.2 Å². The third-order valence-corrected chi connectivity index (χ3v) is 4.14. The Bertz CT molecular complexity index is 1010. The Morgan fingerprint density at radius 2 is 2.00 bits per heavy atom. The molecule has 7 nitrogen and oxygen atoms in total. The van der Waals surface area contributed by atoms with Gasteiger partial charge in [0.1, 0.15) is 0 Å². The van der Waals surface area contributed by atoms with Gasteiger partial charge in [-0.05, 0) is 24.3 Å². The predicted molar refractivity (Wildman–Crippen MR) is 94.7 cm³/mol. The number of benzene rings is 2. The van der Waals surface area contributed by atoms with Gasteiger partial charge in [-0.2, -0.15) is 0 Å². The lowest BCUT2D eigenvalue weighted by atomic mass is 10.2. The van der Waals surface area contributed by atoms with Crippen molar-refractivity contribution >= 4 is 28.1 Å². The van der Waals surface area contributed by atoms with E-state index in [1.54, 1.807) is 11.4 Å². The lowest BCUT2D eigenvalue weighted by Crippen LogP contribution is -2.20. The summed E-state index contributed by atoms with van der Waals surface area (Å²) in [5, 5.41) is 15.2. The molecule has 1 heterocycles. The number of halogens is 2. The zero-order chi connectivity index (χ0) is 19.4. The number of rotatable bonds is 6. The third kappa shape index (κ3) is 4.42. The molecule has 0 spiro atoms. The van der Waals surface area contributed by atoms with Gasteiger partial charge in [0.05, 0.1) is 10.6 Å². The summed E-state index contributed by atoms with van der Waals surface area (Å²) in [5.41, 5.74) is 0.482. The fourth-order valence-corrected chi connectivity index (χ4v) is 2.88. The largest absolute Gasteiger partial charge is 0.477 e. The molecule has 0 saturated heterocycles. The highest BCUT2D eigenvalue weighted by Gasteiger charge is 2.16. The summed E-state index contributed by atoms with van der Waals surface area (Å²) in [6, 6.07) is 9.06. The molecule has 0 aliphatic heterocycles. The first-order chi connectivity index (χ1) is 12.9. The number of hydrogen-bond acceptors (Lipinski definition) is 6. The lowest BCUT2D eigenvalue weighted by Gasteiger charge is -2.06. The summed E-state index contributed by atoms with van der Waals surface area (Å²) in [6.45, 7) is -0.453. The molecular formula is C17H11F2N3O4S. The van der Waals surface area contributed by atoms with Crippen LogP contribution in [0, 0.1) is 21.7 Å². The van der Waals surface area contributed by atoms with E-state index in [-0.39, 0.29) is 16.6 Å². The average molecular weight is 391 g/mol. The van der Waals surface area contributed by atoms with Crippen molar-refractivity contribution in [1.29, 1.82) is 0 Å². The third-order valence-electron chi connectivity index (χ3n) is 3.39. The summed E-state index contributed by atoms with van der Waals surface area (Å²) in [4.78, 5) is 26.4. The topological polar surface area (TPSA) is 94.4 Å². The molecule has 0 radical (unpaired) electrons. The van der Waals surface area contributed by atoms with Crippen molar-refractivity contribution in [2.75, 3.05) is 11.9 Å². The van der Waals surface area contributed by atoms with Crippen LogP contribution in [0.2, 0.25) is 0 Å². The van der Waals surface area contributed by atoms with Crippen molar-refractivity contribution in [3.63, 3.8) is 0 Å². The van der Waals surface area contributed by atoms with E-state index in [0.717, 1.165) is 23.5 Å². The first-order valence-electron chi connectivity index (χ1n) is 7.51. The van der Waals surface area contributed by atoms with Crippen molar-refractivity contribution in [3.05, 3.63) is 69.6 Å². The van der Waals surface area contributed by atoms with Crippen molar-refractivity contribution in [2.24, 2.45) is 0 Å². The van der Waals surface area contributed by atoms with Crippen molar-refractivity contribution in [3.8, 4) is 17.0 Å². The molecule has 3 rings (SSSR count). The van der Waals surface area contributed by atoms with Crippen LogP contribution in [-0.2, 0) is 4.79 Å². The van der Waals surface area contributed by atoms with E-state index in [9.17, 15) is 23.7 Å². The second kappa shape index (κ2) is 7.87. The summed E-state index contributed by atoms with van der Waals surface area (Å²) in [5.74, 6) is -2.56. The summed E-state index contributed by atoms with van der Waals surface area (Å²) < 4.78 is 31.5. The maximum absolute atomic E-state index is 13.3. The molecule has 1 N–H and O–H groups in total. The van der Waals surface area contributed by atoms with Gasteiger partial charge in [0.15, 0.2) is 29.1 Å². The van der Waals surface area contributed by atoms with Crippen LogP contribution in [0.3, 0.4) is 0 Å². The minimum Gasteiger partial charge on any atom is -0.477 e. The van der Waals surface area contributed by atoms with E-state index in [4.69, 9.17) is 4.74 Å². The standard InChI is InChI=1S/C17H11F2N3O4S/c18-11-6-5-10(7-12(11)19)13-9-27-17(20-13)21-16(23)8-26-15-4-2-1-3-14(15)22(24)25/h1-7,9H,8H2,(H,20,21,23). The normalized spacial score (nSPS) is 10.4. The highest BCUT2D eigenvalue weighted by Crippen LogP contribution is 2.27. The minimum absolute atomic E-state index is 0.0285. The quantitative estimate of drug-likeness (QED) is 0.506. The van der Waals surface area contributed by atoms with Crippen LogP contribution in [-0.4, -0.2) is 22.4 Å². The van der Waals surface area contributed by atoms with E-state index in [0.29, 0.717) is 11.3 Å². The molecule has 0 bridgehead atoms. The van der Waals surface area contributed by atoms with Crippen LogP contribution in [0.1, 0.15) is 0 Å². The second-order valence-corrected chi connectivity index (χ2v) is 6.09. The molecule has 0 aliphatic carbocycles. The number of nitrogens with zero attached hydrogens (tertiary/aromatic N) is 2. The van der Waals surface area contributed by atoms with Gasteiger partial charge < -0.3 is 4.74 Å². The second-order valence-electron chi connectivity index (χ2n) is 5.23. The summed E-state index contributed by atoms with van der Waals surface area (Å²) in [6.07, 6.45) is 0. The zero-order valence-corrected chi connectivity index (χ0v) is 14.3. The number of anilines is 1. The predicted octanol–water partition coefficient (Wildman–Crippen LogP) is 4.01. The first-order valence-corrected chi connectivity index (χ1v) is 8.39. The molecule has 3 aromatic rings. The average Bonchev–Trinajstić information content (AvgIpc) is 3.11. The first kappa shape index (κ1) is 18.4. The Kier molecular flexibility index (Phi) is 5.36. The van der Waals surface area contributed by atoms with Crippen LogP contribution >= 0.6 is 11.3 Å². The number of ether oxygens (including phenoxy) is 1. The van der Waals surface area contributed by atoms with E-state index >= 15 is 0 Å². The number of carbonyl (C=O) groups is 1. The minimum atomic E-state index is -0.996. The Hall–Kier alpha value is -3.40.